The minimum Gasteiger partial charge on any atom is -0.377 e. The minimum absolute atomic E-state index is 0. The van der Waals surface area contributed by atoms with E-state index < -0.39 is 13.0 Å². The Morgan fingerprint density at radius 2 is 2.17 bits per heavy atom. The molecular weight excluding hydrogens is 192 g/mol. The molecule has 2 N–H and O–H groups in total. The van der Waals surface area contributed by atoms with Gasteiger partial charge in [0.15, 0.2) is 0 Å². The molecule has 2 atom stereocenters. The molecule has 0 saturated carbocycles. The maximum atomic E-state index is 11.6. The van der Waals surface area contributed by atoms with Gasteiger partial charge in [0.2, 0.25) is 0 Å². The molecule has 1 saturated heterocycles. The molecule has 0 radical (unpaired) electrons. The molecule has 1 fully saturated rings. The number of alkyl halides is 2. The molecule has 0 aromatic heterocycles. The van der Waals surface area contributed by atoms with E-state index in [1.165, 1.54) is 0 Å². The van der Waals surface area contributed by atoms with E-state index in [0.29, 0.717) is 13.2 Å². The molecule has 74 valence electrons. The summed E-state index contributed by atoms with van der Waals surface area (Å²) in [7, 11) is 0. The van der Waals surface area contributed by atoms with Gasteiger partial charge in [0.05, 0.1) is 25.4 Å². The van der Waals surface area contributed by atoms with Crippen molar-refractivity contribution in [2.75, 3.05) is 19.8 Å². The van der Waals surface area contributed by atoms with Crippen molar-refractivity contribution in [2.45, 2.75) is 18.6 Å². The van der Waals surface area contributed by atoms with E-state index in [-0.39, 0.29) is 24.6 Å². The Kier molecular flexibility index (Phi) is 5.65. The maximum absolute atomic E-state index is 11.6. The first-order valence-corrected chi connectivity index (χ1v) is 3.43. The highest BCUT2D eigenvalue weighted by Crippen LogP contribution is 2.08. The molecular formula is C6H12ClF2NO2. The lowest BCUT2D eigenvalue weighted by atomic mass is 10.2. The van der Waals surface area contributed by atoms with Crippen LogP contribution in [0, 0.1) is 0 Å². The number of ether oxygens (including phenoxy) is 2. The van der Waals surface area contributed by atoms with Crippen LogP contribution in [0.2, 0.25) is 0 Å². The van der Waals surface area contributed by atoms with Crippen molar-refractivity contribution < 1.29 is 18.3 Å². The van der Waals surface area contributed by atoms with Gasteiger partial charge in [-0.15, -0.1) is 12.4 Å². The predicted molar refractivity (Wildman–Crippen MR) is 41.8 cm³/mol. The highest BCUT2D eigenvalue weighted by atomic mass is 35.5. The second-order valence-corrected chi connectivity index (χ2v) is 2.46. The third-order valence-corrected chi connectivity index (χ3v) is 1.51. The first-order valence-electron chi connectivity index (χ1n) is 3.43. The van der Waals surface area contributed by atoms with Gasteiger partial charge in [0, 0.05) is 0 Å². The van der Waals surface area contributed by atoms with Crippen LogP contribution in [0.15, 0.2) is 0 Å². The highest BCUT2D eigenvalue weighted by molar-refractivity contribution is 5.85. The monoisotopic (exact) mass is 203 g/mol. The number of halogens is 3. The summed E-state index contributed by atoms with van der Waals surface area (Å²) in [6.07, 6.45) is -2.79. The first-order chi connectivity index (χ1) is 5.20. The van der Waals surface area contributed by atoms with Crippen LogP contribution in [0.4, 0.5) is 8.78 Å². The summed E-state index contributed by atoms with van der Waals surface area (Å²) in [5.41, 5.74) is 5.47. The van der Waals surface area contributed by atoms with Crippen molar-refractivity contribution in [3.8, 4) is 0 Å². The van der Waals surface area contributed by atoms with Crippen LogP contribution in [0.25, 0.3) is 0 Å². The zero-order valence-electron chi connectivity index (χ0n) is 6.41. The summed E-state index contributed by atoms with van der Waals surface area (Å²) >= 11 is 0. The van der Waals surface area contributed by atoms with Crippen molar-refractivity contribution in [2.24, 2.45) is 5.73 Å². The third-order valence-electron chi connectivity index (χ3n) is 1.51. The fourth-order valence-electron chi connectivity index (χ4n) is 0.919. The summed E-state index contributed by atoms with van der Waals surface area (Å²) in [4.78, 5) is 0. The molecule has 1 heterocycles. The summed E-state index contributed by atoms with van der Waals surface area (Å²) in [6.45, 7) is 0.170. The molecule has 1 aliphatic rings. The Morgan fingerprint density at radius 3 is 2.58 bits per heavy atom. The van der Waals surface area contributed by atoms with Gasteiger partial charge >= 0.3 is 0 Å². The van der Waals surface area contributed by atoms with Crippen molar-refractivity contribution in [3.05, 3.63) is 0 Å². The number of rotatable bonds is 3. The van der Waals surface area contributed by atoms with Crippen LogP contribution in [-0.2, 0) is 9.47 Å². The smallest absolute Gasteiger partial charge is 0.261 e. The molecule has 0 amide bonds. The molecule has 0 unspecified atom stereocenters. The van der Waals surface area contributed by atoms with Gasteiger partial charge in [0.1, 0.15) is 6.61 Å². The predicted octanol–water partition coefficient (Wildman–Crippen LogP) is 0.416. The topological polar surface area (TPSA) is 44.5 Å². The average Bonchev–Trinajstić information content (AvgIpc) is 2.31. The normalized spacial score (nSPS) is 29.0. The Balaban J connectivity index is 0.00000121. The molecule has 12 heavy (non-hydrogen) atoms. The van der Waals surface area contributed by atoms with Gasteiger partial charge in [-0.3, -0.25) is 0 Å². The van der Waals surface area contributed by atoms with Gasteiger partial charge in [-0.25, -0.2) is 8.78 Å². The zero-order chi connectivity index (χ0) is 8.27. The summed E-state index contributed by atoms with van der Waals surface area (Å²) in [6, 6.07) is -0.256. The molecule has 0 spiro atoms. The second-order valence-electron chi connectivity index (χ2n) is 2.46. The molecule has 0 bridgehead atoms. The van der Waals surface area contributed by atoms with Crippen molar-refractivity contribution in [3.63, 3.8) is 0 Å². The fraction of sp³-hybridized carbons (Fsp3) is 1.00. The van der Waals surface area contributed by atoms with Crippen molar-refractivity contribution in [1.82, 2.24) is 0 Å². The average molecular weight is 204 g/mol. The van der Waals surface area contributed by atoms with Gasteiger partial charge in [-0.05, 0) is 0 Å². The first kappa shape index (κ1) is 12.0. The van der Waals surface area contributed by atoms with E-state index in [9.17, 15) is 8.78 Å². The largest absolute Gasteiger partial charge is 0.377 e. The van der Waals surface area contributed by atoms with E-state index in [4.69, 9.17) is 15.2 Å². The Bertz CT molecular complexity index is 128. The molecule has 0 aliphatic carbocycles. The van der Waals surface area contributed by atoms with Crippen LogP contribution >= 0.6 is 12.4 Å². The van der Waals surface area contributed by atoms with E-state index >= 15 is 0 Å². The Morgan fingerprint density at radius 1 is 1.50 bits per heavy atom. The van der Waals surface area contributed by atoms with Gasteiger partial charge in [0.25, 0.3) is 6.43 Å². The standard InChI is InChI=1S/C6H11F2NO2.ClH/c7-6(8)3-11-5-2-10-1-4(5)9;/h4-6H,1-3,9H2;1H/t4-,5+;/m1./s1. The molecule has 0 aromatic rings. The van der Waals surface area contributed by atoms with Crippen LogP contribution in [0.3, 0.4) is 0 Å². The molecule has 3 nitrogen and oxygen atoms in total. The lowest BCUT2D eigenvalue weighted by Gasteiger charge is -2.13. The fourth-order valence-corrected chi connectivity index (χ4v) is 0.919. The Hall–Kier alpha value is 0.0300. The van der Waals surface area contributed by atoms with Crippen LogP contribution in [0.1, 0.15) is 0 Å². The van der Waals surface area contributed by atoms with E-state index in [1.807, 2.05) is 0 Å². The highest BCUT2D eigenvalue weighted by Gasteiger charge is 2.26. The lowest BCUT2D eigenvalue weighted by Crippen LogP contribution is -2.36. The molecule has 0 aromatic carbocycles. The van der Waals surface area contributed by atoms with Gasteiger partial charge in [-0.1, -0.05) is 0 Å². The van der Waals surface area contributed by atoms with Gasteiger partial charge < -0.3 is 15.2 Å². The lowest BCUT2D eigenvalue weighted by molar-refractivity contribution is -0.0294. The van der Waals surface area contributed by atoms with Crippen molar-refractivity contribution >= 4 is 12.4 Å². The molecule has 6 heteroatoms. The van der Waals surface area contributed by atoms with E-state index in [0.717, 1.165) is 0 Å². The zero-order valence-corrected chi connectivity index (χ0v) is 7.23. The summed E-state index contributed by atoms with van der Waals surface area (Å²) in [5.74, 6) is 0. The third kappa shape index (κ3) is 3.62. The summed E-state index contributed by atoms with van der Waals surface area (Å²) in [5, 5.41) is 0. The summed E-state index contributed by atoms with van der Waals surface area (Å²) < 4.78 is 32.9. The van der Waals surface area contributed by atoms with Gasteiger partial charge in [-0.2, -0.15) is 0 Å². The Labute approximate surface area is 75.6 Å². The number of hydrogen-bond acceptors (Lipinski definition) is 3. The SMILES string of the molecule is Cl.N[C@@H]1COC[C@@H]1OCC(F)F. The van der Waals surface area contributed by atoms with E-state index in [1.54, 1.807) is 0 Å². The van der Waals surface area contributed by atoms with Crippen LogP contribution in [-0.4, -0.2) is 38.4 Å². The number of hydrogen-bond donors (Lipinski definition) is 1. The van der Waals surface area contributed by atoms with Crippen molar-refractivity contribution in [1.29, 1.82) is 0 Å². The minimum atomic E-state index is -2.43. The quantitative estimate of drug-likeness (QED) is 0.723. The maximum Gasteiger partial charge on any atom is 0.261 e. The number of nitrogens with two attached hydrogens (primary N) is 1. The van der Waals surface area contributed by atoms with Crippen LogP contribution < -0.4 is 5.73 Å². The van der Waals surface area contributed by atoms with Crippen LogP contribution in [0.5, 0.6) is 0 Å². The molecule has 1 aliphatic heterocycles. The molecule has 1 rings (SSSR count). The second kappa shape index (κ2) is 5.64. The van der Waals surface area contributed by atoms with E-state index in [2.05, 4.69) is 0 Å².